The lowest BCUT2D eigenvalue weighted by Gasteiger charge is -2.12. The second-order valence-electron chi connectivity index (χ2n) is 7.15. The van der Waals surface area contributed by atoms with E-state index in [0.717, 1.165) is 49.6 Å². The minimum atomic E-state index is -0.863. The van der Waals surface area contributed by atoms with Crippen molar-refractivity contribution in [3.05, 3.63) is 91.0 Å². The predicted molar refractivity (Wildman–Crippen MR) is 152 cm³/mol. The average molecular weight is 441 g/mol. The lowest BCUT2D eigenvalue weighted by Crippen LogP contribution is -2.06. The maximum absolute atomic E-state index is 8.02. The van der Waals surface area contributed by atoms with Crippen molar-refractivity contribution in [2.24, 2.45) is 0 Å². The molecule has 0 aromatic heterocycles. The topological polar surface area (TPSA) is 0 Å². The fourth-order valence-electron chi connectivity index (χ4n) is 3.50. The first-order valence-corrected chi connectivity index (χ1v) is 12.5. The van der Waals surface area contributed by atoms with Crippen LogP contribution in [0.1, 0.15) is 0 Å². The molecule has 0 fully saturated rings. The van der Waals surface area contributed by atoms with Crippen LogP contribution in [0.4, 0.5) is 0 Å². The molecule has 3 unspecified atom stereocenters. The highest BCUT2D eigenvalue weighted by molar-refractivity contribution is 7.73. The molecular formula is C24H24B3P3. The molecule has 0 nitrogen and oxygen atoms in total. The van der Waals surface area contributed by atoms with E-state index in [2.05, 4.69) is 85.0 Å². The molecule has 4 rings (SSSR count). The summed E-state index contributed by atoms with van der Waals surface area (Å²) in [4.78, 5) is 0. The van der Waals surface area contributed by atoms with Gasteiger partial charge in [0.25, 0.3) is 0 Å². The van der Waals surface area contributed by atoms with Crippen LogP contribution in [0.25, 0.3) is 33.4 Å². The molecule has 0 aliphatic heterocycles. The number of benzene rings is 4. The molecule has 0 radical (unpaired) electrons. The van der Waals surface area contributed by atoms with Crippen molar-refractivity contribution in [1.29, 1.82) is 3.95 Å². The van der Waals surface area contributed by atoms with Crippen LogP contribution in [-0.4, -0.2) is 25.4 Å². The fourth-order valence-corrected chi connectivity index (χ4v) is 4.40. The highest BCUT2D eigenvalue weighted by Crippen LogP contribution is 2.32. The Morgan fingerprint density at radius 3 is 1.23 bits per heavy atom. The summed E-state index contributed by atoms with van der Waals surface area (Å²) in [5, 5.41) is 1.07. The van der Waals surface area contributed by atoms with E-state index in [4.69, 9.17) is 3.95 Å². The number of hydrogen-bond acceptors (Lipinski definition) is 0. The Morgan fingerprint density at radius 2 is 0.933 bits per heavy atom. The van der Waals surface area contributed by atoms with E-state index in [9.17, 15) is 0 Å². The first-order chi connectivity index (χ1) is 15.8. The summed E-state index contributed by atoms with van der Waals surface area (Å²) in [6, 6.07) is 31.3. The molecule has 0 bridgehead atoms. The van der Waals surface area contributed by atoms with E-state index in [-0.39, 0.29) is 13.9 Å². The highest BCUT2D eigenvalue weighted by atomic mass is 31.1. The molecule has 0 N–H and O–H groups in total. The third-order valence-electron chi connectivity index (χ3n) is 5.26. The van der Waals surface area contributed by atoms with E-state index in [0.29, 0.717) is 0 Å². The minimum Gasteiger partial charge on any atom is -0.169 e. The number of rotatable bonds is 6. The van der Waals surface area contributed by atoms with Crippen molar-refractivity contribution in [3.63, 3.8) is 0 Å². The van der Waals surface area contributed by atoms with Gasteiger partial charge in [0.15, 0.2) is 13.9 Å². The van der Waals surface area contributed by atoms with Crippen molar-refractivity contribution in [2.75, 3.05) is 0 Å². The normalized spacial score (nSPS) is 13.1. The average Bonchev–Trinajstić information content (AvgIpc) is 2.84. The van der Waals surface area contributed by atoms with Crippen molar-refractivity contribution in [1.82, 2.24) is 0 Å². The molecule has 0 saturated heterocycles. The van der Waals surface area contributed by atoms with Crippen molar-refractivity contribution >= 4 is 64.4 Å². The van der Waals surface area contributed by atoms with Crippen LogP contribution in [0.15, 0.2) is 91.0 Å². The Hall–Kier alpha value is -1.64. The minimum absolute atomic E-state index is 0.323. The molecule has 0 spiro atoms. The zero-order chi connectivity index (χ0) is 23.5. The van der Waals surface area contributed by atoms with Gasteiger partial charge in [-0.3, -0.25) is 0 Å². The molecule has 4 aromatic rings. The van der Waals surface area contributed by atoms with Crippen LogP contribution >= 0.6 is 26.6 Å². The smallest absolute Gasteiger partial charge is 0.169 e. The van der Waals surface area contributed by atoms with E-state index in [1.807, 2.05) is 31.8 Å². The predicted octanol–water partition coefficient (Wildman–Crippen LogP) is 3.24. The maximum Gasteiger partial charge on any atom is 0.180 e. The summed E-state index contributed by atoms with van der Waals surface area (Å²) in [5.74, 6) is 0. The second-order valence-corrected chi connectivity index (χ2v) is 8.78. The summed E-state index contributed by atoms with van der Waals surface area (Å²) in [6.07, 6.45) is 0. The zero-order valence-electron chi connectivity index (χ0n) is 19.9. The quantitative estimate of drug-likeness (QED) is 0.319. The van der Waals surface area contributed by atoms with Crippen LogP contribution < -0.4 is 16.2 Å². The largest absolute Gasteiger partial charge is 0.180 e. The van der Waals surface area contributed by atoms with E-state index >= 15 is 0 Å². The van der Waals surface area contributed by atoms with Gasteiger partial charge < -0.3 is 0 Å². The van der Waals surface area contributed by atoms with Crippen LogP contribution in [-0.2, 0) is 0 Å². The van der Waals surface area contributed by atoms with Crippen LogP contribution in [0, 0.1) is 0 Å². The van der Waals surface area contributed by atoms with E-state index in [1.54, 1.807) is 0 Å². The van der Waals surface area contributed by atoms with E-state index in [1.165, 1.54) is 0 Å². The van der Waals surface area contributed by atoms with E-state index < -0.39 is 8.40 Å². The second kappa shape index (κ2) is 10.1. The van der Waals surface area contributed by atoms with Gasteiger partial charge >= 0.3 is 0 Å². The molecule has 144 valence electrons. The Labute approximate surface area is 192 Å². The van der Waals surface area contributed by atoms with Gasteiger partial charge in [-0.2, -0.15) is 18.2 Å². The van der Waals surface area contributed by atoms with Gasteiger partial charge in [-0.25, -0.2) is 0 Å². The monoisotopic (exact) mass is 441 g/mol. The molecule has 6 heteroatoms. The molecule has 0 saturated carbocycles. The maximum atomic E-state index is 8.02. The standard InChI is InChI=1S/C24H24B3P3/c25-30-24-11-5-18(6-12-24)21-14-19(16-1-7-22(26-28)8-2-16)13-20(15-21)17-3-9-23(27-29)10-4-17/h1-15,26-27,30H,25,28-29H2/i26D,27D,30D. The highest BCUT2D eigenvalue weighted by Gasteiger charge is 2.08. The summed E-state index contributed by atoms with van der Waals surface area (Å²) in [6.45, 7) is -0.645. The van der Waals surface area contributed by atoms with Gasteiger partial charge in [-0.05, 0) is 59.6 Å². The molecule has 0 heterocycles. The van der Waals surface area contributed by atoms with Crippen molar-refractivity contribution < 1.29 is 0 Å². The van der Waals surface area contributed by atoms with Gasteiger partial charge in [-0.1, -0.05) is 83.7 Å². The Kier molecular flexibility index (Phi) is 6.06. The Balaban J connectivity index is 1.81. The lowest BCUT2D eigenvalue weighted by molar-refractivity contribution is 1.58. The first-order valence-electron chi connectivity index (χ1n) is 11.5. The molecule has 3 atom stereocenters. The summed E-state index contributed by atoms with van der Waals surface area (Å²) >= 11 is 0. The van der Waals surface area contributed by atoms with Crippen molar-refractivity contribution in [3.8, 4) is 33.4 Å². The van der Waals surface area contributed by atoms with Crippen LogP contribution in [0.2, 0.25) is 0 Å². The van der Waals surface area contributed by atoms with Gasteiger partial charge in [0.2, 0.25) is 0 Å². The Morgan fingerprint density at radius 1 is 0.600 bits per heavy atom. The molecule has 0 amide bonds. The van der Waals surface area contributed by atoms with Gasteiger partial charge in [0, 0.05) is 0 Å². The summed E-state index contributed by atoms with van der Waals surface area (Å²) < 4.78 is 23.9. The SMILES string of the molecule is [2H]B(P)c1ccc(-c2cc(-c3ccc(B([2H])P)cc3)cc(-c3ccc(P([2H])B)cc3)c2)cc1. The number of hydrogen-bond donors (Lipinski definition) is 0. The summed E-state index contributed by atoms with van der Waals surface area (Å²) in [7, 11) is 6.13. The summed E-state index contributed by atoms with van der Waals surface area (Å²) in [5.41, 5.74) is 8.66. The van der Waals surface area contributed by atoms with Gasteiger partial charge in [-0.15, -0.1) is 8.40 Å². The lowest BCUT2D eigenvalue weighted by atomic mass is 9.89. The Bertz CT molecular complexity index is 1060. The van der Waals surface area contributed by atoms with Gasteiger partial charge in [0.05, 0.1) is 1.28 Å². The fraction of sp³-hybridized carbons (Fsp3) is 0. The third-order valence-corrected chi connectivity index (χ3v) is 6.85. The van der Waals surface area contributed by atoms with Crippen molar-refractivity contribution in [2.45, 2.75) is 0 Å². The zero-order valence-corrected chi connectivity index (χ0v) is 20.1. The molecule has 0 aliphatic carbocycles. The molecule has 0 aliphatic rings. The van der Waals surface area contributed by atoms with Crippen LogP contribution in [0.5, 0.6) is 0 Å². The van der Waals surface area contributed by atoms with Gasteiger partial charge in [0.1, 0.15) is 7.57 Å². The van der Waals surface area contributed by atoms with Crippen LogP contribution in [0.3, 0.4) is 0 Å². The molecular weight excluding hydrogens is 414 g/mol. The molecule has 4 aromatic carbocycles. The molecule has 30 heavy (non-hydrogen) atoms. The third kappa shape index (κ3) is 4.98. The first kappa shape index (κ1) is 18.0.